The summed E-state index contributed by atoms with van der Waals surface area (Å²) in [6.45, 7) is 2.31. The third-order valence-electron chi connectivity index (χ3n) is 8.82. The number of nitrogens with zero attached hydrogens (tertiary/aromatic N) is 4. The number of rotatable bonds is 7. The quantitative estimate of drug-likeness (QED) is 0.309. The summed E-state index contributed by atoms with van der Waals surface area (Å²) >= 11 is 0. The van der Waals surface area contributed by atoms with E-state index in [-0.39, 0.29) is 41.1 Å². The van der Waals surface area contributed by atoms with Crippen molar-refractivity contribution < 1.29 is 37.4 Å². The van der Waals surface area contributed by atoms with Crippen LogP contribution in [0.25, 0.3) is 11.2 Å². The SMILES string of the molecule is C#C[C@]1(COC(=O)OCc2oc(=O)oc2C)O[C@@H](n2cnc3c(N)nc(C)nc32)C[C@@H]1OC(=O)C1CC2(CCCCC2)C1. The molecule has 228 valence electrons. The standard InChI is InChI=1S/C29H33N5O9/c1-4-29(14-39-26(36)38-13-19-16(2)40-27(37)41-19)20(42-25(35)18-11-28(12-18)8-6-5-7-9-28)10-21(43-29)34-15-31-22-23(30)32-17(3)33-24(22)34/h1,15,18,20-21H,5-14H2,2-3H3,(H2,30,32,33)/t20-,21+,29+/m0/s1. The Labute approximate surface area is 246 Å². The molecule has 1 spiro atoms. The van der Waals surface area contributed by atoms with Gasteiger partial charge in [-0.1, -0.05) is 25.2 Å². The lowest BCUT2D eigenvalue weighted by Crippen LogP contribution is -2.48. The first-order valence-electron chi connectivity index (χ1n) is 14.3. The van der Waals surface area contributed by atoms with Gasteiger partial charge in [0.25, 0.3) is 0 Å². The third kappa shape index (κ3) is 5.45. The maximum atomic E-state index is 13.4. The van der Waals surface area contributed by atoms with Crippen LogP contribution < -0.4 is 11.6 Å². The summed E-state index contributed by atoms with van der Waals surface area (Å²) in [6, 6.07) is 0. The minimum absolute atomic E-state index is 0.0392. The van der Waals surface area contributed by atoms with Crippen LogP contribution >= 0.6 is 0 Å². The van der Waals surface area contributed by atoms with Crippen molar-refractivity contribution in [1.82, 2.24) is 19.5 Å². The topological polar surface area (TPSA) is 184 Å². The zero-order chi connectivity index (χ0) is 30.4. The summed E-state index contributed by atoms with van der Waals surface area (Å²) in [5.41, 5.74) is 5.43. The highest BCUT2D eigenvalue weighted by molar-refractivity contribution is 5.81. The van der Waals surface area contributed by atoms with Crippen LogP contribution in [0.2, 0.25) is 0 Å². The molecule has 3 aromatic rings. The molecule has 2 N–H and O–H groups in total. The van der Waals surface area contributed by atoms with Gasteiger partial charge in [0.05, 0.1) is 12.2 Å². The number of terminal acetylenes is 1. The summed E-state index contributed by atoms with van der Waals surface area (Å²) < 4.78 is 34.0. The molecule has 3 atom stereocenters. The van der Waals surface area contributed by atoms with Crippen molar-refractivity contribution in [2.24, 2.45) is 11.3 Å². The van der Waals surface area contributed by atoms with Crippen LogP contribution in [0.3, 0.4) is 0 Å². The molecule has 0 amide bonds. The second kappa shape index (κ2) is 11.0. The normalized spacial score (nSPS) is 24.9. The van der Waals surface area contributed by atoms with Gasteiger partial charge in [-0.3, -0.25) is 9.36 Å². The Hall–Kier alpha value is -4.38. The molecule has 14 heteroatoms. The first-order chi connectivity index (χ1) is 20.6. The Bertz CT molecular complexity index is 1640. The average molecular weight is 596 g/mol. The largest absolute Gasteiger partial charge is 0.519 e. The summed E-state index contributed by atoms with van der Waals surface area (Å²) in [6.07, 6.45) is 12.3. The summed E-state index contributed by atoms with van der Waals surface area (Å²) in [7, 11) is 0. The van der Waals surface area contributed by atoms with E-state index in [1.54, 1.807) is 11.5 Å². The number of hydrogen-bond acceptors (Lipinski definition) is 13. The van der Waals surface area contributed by atoms with E-state index in [2.05, 4.69) is 20.9 Å². The highest BCUT2D eigenvalue weighted by atomic mass is 16.7. The number of aromatic nitrogens is 4. The van der Waals surface area contributed by atoms with Gasteiger partial charge >= 0.3 is 17.9 Å². The molecule has 3 aromatic heterocycles. The van der Waals surface area contributed by atoms with Gasteiger partial charge in [-0.2, -0.15) is 0 Å². The first-order valence-corrected chi connectivity index (χ1v) is 14.3. The van der Waals surface area contributed by atoms with E-state index in [9.17, 15) is 14.4 Å². The number of nitrogens with two attached hydrogens (primary N) is 1. The fourth-order valence-corrected chi connectivity index (χ4v) is 6.55. The number of imidazole rings is 1. The predicted molar refractivity (Wildman–Crippen MR) is 147 cm³/mol. The molecule has 43 heavy (non-hydrogen) atoms. The number of aryl methyl sites for hydroxylation is 2. The van der Waals surface area contributed by atoms with Crippen molar-refractivity contribution in [1.29, 1.82) is 0 Å². The fraction of sp³-hybridized carbons (Fsp3) is 0.586. The van der Waals surface area contributed by atoms with E-state index >= 15 is 0 Å². The van der Waals surface area contributed by atoms with E-state index in [1.165, 1.54) is 32.5 Å². The van der Waals surface area contributed by atoms with Gasteiger partial charge in [-0.05, 0) is 44.9 Å². The van der Waals surface area contributed by atoms with E-state index in [0.717, 1.165) is 25.7 Å². The Morgan fingerprint density at radius 3 is 2.63 bits per heavy atom. The Kier molecular flexibility index (Phi) is 7.37. The van der Waals surface area contributed by atoms with Crippen LogP contribution in [0.1, 0.15) is 74.9 Å². The van der Waals surface area contributed by atoms with Crippen molar-refractivity contribution in [3.05, 3.63) is 34.3 Å². The van der Waals surface area contributed by atoms with E-state index < -0.39 is 43.1 Å². The van der Waals surface area contributed by atoms with Crippen LogP contribution in [0.5, 0.6) is 0 Å². The molecule has 0 aromatic carbocycles. The van der Waals surface area contributed by atoms with Gasteiger partial charge in [0, 0.05) is 6.42 Å². The molecule has 0 unspecified atom stereocenters. The highest BCUT2D eigenvalue weighted by Crippen LogP contribution is 2.55. The summed E-state index contributed by atoms with van der Waals surface area (Å²) in [5.74, 6) is 1.94. The molecule has 2 aliphatic carbocycles. The van der Waals surface area contributed by atoms with Crippen molar-refractivity contribution in [3.63, 3.8) is 0 Å². The number of ether oxygens (including phenoxy) is 4. The van der Waals surface area contributed by atoms with Gasteiger partial charge in [-0.25, -0.2) is 24.5 Å². The van der Waals surface area contributed by atoms with Gasteiger partial charge in [-0.15, -0.1) is 6.42 Å². The monoisotopic (exact) mass is 595 g/mol. The number of carbonyl (C=O) groups excluding carboxylic acids is 2. The summed E-state index contributed by atoms with van der Waals surface area (Å²) in [5, 5.41) is 0. The fourth-order valence-electron chi connectivity index (χ4n) is 6.55. The number of hydrogen-bond donors (Lipinski definition) is 1. The lowest BCUT2D eigenvalue weighted by atomic mass is 9.56. The number of esters is 1. The van der Waals surface area contributed by atoms with Crippen LogP contribution in [0.4, 0.5) is 10.6 Å². The molecule has 1 saturated heterocycles. The van der Waals surface area contributed by atoms with Crippen molar-refractivity contribution in [3.8, 4) is 12.3 Å². The minimum atomic E-state index is -1.64. The van der Waals surface area contributed by atoms with E-state index in [4.69, 9.17) is 39.9 Å². The predicted octanol–water partition coefficient (Wildman–Crippen LogP) is 3.49. The maximum Gasteiger partial charge on any atom is 0.519 e. The lowest BCUT2D eigenvalue weighted by Gasteiger charge is -2.49. The van der Waals surface area contributed by atoms with Gasteiger partial charge in [0.2, 0.25) is 5.60 Å². The molecule has 0 radical (unpaired) electrons. The third-order valence-corrected chi connectivity index (χ3v) is 8.82. The smallest absolute Gasteiger partial charge is 0.458 e. The van der Waals surface area contributed by atoms with Crippen LogP contribution in [0.15, 0.2) is 20.0 Å². The van der Waals surface area contributed by atoms with Crippen molar-refractivity contribution in [2.45, 2.75) is 89.8 Å². The van der Waals surface area contributed by atoms with Crippen molar-refractivity contribution >= 4 is 29.1 Å². The molecule has 1 aliphatic heterocycles. The molecule has 3 aliphatic rings. The molecule has 0 bridgehead atoms. The van der Waals surface area contributed by atoms with Gasteiger partial charge < -0.3 is 33.5 Å². The Morgan fingerprint density at radius 1 is 1.16 bits per heavy atom. The lowest BCUT2D eigenvalue weighted by molar-refractivity contribution is -0.173. The van der Waals surface area contributed by atoms with Gasteiger partial charge in [0.15, 0.2) is 29.6 Å². The van der Waals surface area contributed by atoms with Crippen LogP contribution in [0, 0.1) is 37.5 Å². The molecule has 2 saturated carbocycles. The van der Waals surface area contributed by atoms with Gasteiger partial charge in [0.1, 0.15) is 30.3 Å². The number of carbonyl (C=O) groups is 2. The minimum Gasteiger partial charge on any atom is -0.458 e. The van der Waals surface area contributed by atoms with Crippen molar-refractivity contribution in [2.75, 3.05) is 12.3 Å². The Morgan fingerprint density at radius 2 is 1.93 bits per heavy atom. The van der Waals surface area contributed by atoms with Crippen LogP contribution in [-0.2, 0) is 30.3 Å². The second-order valence-corrected chi connectivity index (χ2v) is 11.7. The summed E-state index contributed by atoms with van der Waals surface area (Å²) in [4.78, 5) is 50.1. The Balaban J connectivity index is 1.20. The maximum absolute atomic E-state index is 13.4. The number of fused-ring (bicyclic) bond motifs is 1. The second-order valence-electron chi connectivity index (χ2n) is 11.7. The van der Waals surface area contributed by atoms with Crippen LogP contribution in [-0.4, -0.2) is 50.0 Å². The first kappa shape index (κ1) is 28.7. The van der Waals surface area contributed by atoms with E-state index in [0.29, 0.717) is 17.0 Å². The molecule has 6 rings (SSSR count). The molecule has 14 nitrogen and oxygen atoms in total. The molecular weight excluding hydrogens is 562 g/mol. The molecule has 4 heterocycles. The number of nitrogen functional groups attached to an aromatic ring is 1. The zero-order valence-corrected chi connectivity index (χ0v) is 24.0. The molecular formula is C29H33N5O9. The number of anilines is 1. The zero-order valence-electron chi connectivity index (χ0n) is 24.0. The average Bonchev–Trinajstić information content (AvgIpc) is 3.64. The molecule has 3 fully saturated rings. The highest BCUT2D eigenvalue weighted by Gasteiger charge is 2.55. The van der Waals surface area contributed by atoms with E-state index in [1.807, 2.05) is 0 Å².